The molecule has 0 spiro atoms. The van der Waals surface area contributed by atoms with Crippen LogP contribution >= 0.6 is 0 Å². The molecule has 2 atom stereocenters. The topological polar surface area (TPSA) is 105 Å². The van der Waals surface area contributed by atoms with Crippen LogP contribution in [-0.2, 0) is 20.9 Å². The van der Waals surface area contributed by atoms with Crippen LogP contribution < -0.4 is 10.2 Å². The third kappa shape index (κ3) is 6.19. The van der Waals surface area contributed by atoms with E-state index in [1.807, 2.05) is 66.7 Å². The van der Waals surface area contributed by atoms with Crippen LogP contribution in [0.2, 0.25) is 0 Å². The summed E-state index contributed by atoms with van der Waals surface area (Å²) in [5.41, 5.74) is 5.72. The van der Waals surface area contributed by atoms with Gasteiger partial charge in [-0.2, -0.15) is 0 Å². The number of carboxylic acid groups (broad SMARTS) is 1. The van der Waals surface area contributed by atoms with Gasteiger partial charge in [-0.15, -0.1) is 0 Å². The van der Waals surface area contributed by atoms with Crippen molar-refractivity contribution in [2.75, 3.05) is 18.6 Å². The molecule has 2 amide bonds. The highest BCUT2D eigenvalue weighted by molar-refractivity contribution is 5.99. The molecule has 0 saturated heterocycles. The zero-order chi connectivity index (χ0) is 29.6. The number of carbonyl (C=O) groups is 3. The SMILES string of the molecule is C[C@H](OCc1ccccc1)[C@@H](NC(=O)OCC1c2ccccc2-c2ccccc21)C(=O)N(C)c1cccc(C(=O)O)c1. The summed E-state index contributed by atoms with van der Waals surface area (Å²) in [5, 5.41) is 12.1. The number of rotatable bonds is 10. The Bertz CT molecular complexity index is 1540. The second-order valence-electron chi connectivity index (χ2n) is 10.2. The summed E-state index contributed by atoms with van der Waals surface area (Å²) in [6, 6.07) is 30.5. The zero-order valence-corrected chi connectivity index (χ0v) is 23.4. The number of ether oxygens (including phenoxy) is 2. The number of likely N-dealkylation sites (N-methyl/N-ethyl adjacent to an activating group) is 1. The van der Waals surface area contributed by atoms with E-state index in [0.29, 0.717) is 5.69 Å². The van der Waals surface area contributed by atoms with Gasteiger partial charge in [-0.1, -0.05) is 84.9 Å². The summed E-state index contributed by atoms with van der Waals surface area (Å²) in [4.78, 5) is 39.7. The Hall–Kier alpha value is -4.95. The molecule has 8 nitrogen and oxygen atoms in total. The number of nitrogens with one attached hydrogen (secondary N) is 1. The molecule has 0 radical (unpaired) electrons. The average Bonchev–Trinajstić information content (AvgIpc) is 3.34. The smallest absolute Gasteiger partial charge is 0.407 e. The van der Waals surface area contributed by atoms with E-state index >= 15 is 0 Å². The summed E-state index contributed by atoms with van der Waals surface area (Å²) in [6.45, 7) is 2.03. The van der Waals surface area contributed by atoms with Gasteiger partial charge in [0.05, 0.1) is 18.3 Å². The molecular formula is C34H32N2O6. The van der Waals surface area contributed by atoms with Gasteiger partial charge in [0.25, 0.3) is 5.91 Å². The molecule has 0 saturated carbocycles. The molecule has 0 aromatic heterocycles. The second kappa shape index (κ2) is 12.7. The number of carbonyl (C=O) groups excluding carboxylic acids is 2. The Labute approximate surface area is 244 Å². The number of benzene rings is 4. The maximum atomic E-state index is 13.7. The molecule has 0 heterocycles. The van der Waals surface area contributed by atoms with Crippen LogP contribution in [0.3, 0.4) is 0 Å². The number of hydrogen-bond acceptors (Lipinski definition) is 5. The molecule has 1 aliphatic rings. The van der Waals surface area contributed by atoms with Crippen molar-refractivity contribution in [1.82, 2.24) is 5.32 Å². The lowest BCUT2D eigenvalue weighted by molar-refractivity contribution is -0.124. The summed E-state index contributed by atoms with van der Waals surface area (Å²) in [6.07, 6.45) is -1.48. The minimum atomic E-state index is -1.11. The Kier molecular flexibility index (Phi) is 8.64. The lowest BCUT2D eigenvalue weighted by Gasteiger charge is -2.29. The fourth-order valence-corrected chi connectivity index (χ4v) is 5.23. The number of carboxylic acids is 1. The van der Waals surface area contributed by atoms with Gasteiger partial charge in [0.1, 0.15) is 12.6 Å². The molecule has 4 aromatic rings. The van der Waals surface area contributed by atoms with Crippen LogP contribution in [0.1, 0.15) is 39.9 Å². The van der Waals surface area contributed by atoms with Crippen LogP contribution in [0.5, 0.6) is 0 Å². The molecule has 1 aliphatic carbocycles. The predicted molar refractivity (Wildman–Crippen MR) is 159 cm³/mol. The number of hydrogen-bond donors (Lipinski definition) is 2. The lowest BCUT2D eigenvalue weighted by atomic mass is 9.98. The molecule has 0 bridgehead atoms. The first-order valence-electron chi connectivity index (χ1n) is 13.7. The third-order valence-electron chi connectivity index (χ3n) is 7.52. The molecule has 0 unspecified atom stereocenters. The Morgan fingerprint density at radius 3 is 2.12 bits per heavy atom. The van der Waals surface area contributed by atoms with E-state index < -0.39 is 30.1 Å². The monoisotopic (exact) mass is 564 g/mol. The molecule has 0 aliphatic heterocycles. The highest BCUT2D eigenvalue weighted by Gasteiger charge is 2.33. The highest BCUT2D eigenvalue weighted by atomic mass is 16.5. The summed E-state index contributed by atoms with van der Waals surface area (Å²) in [5.74, 6) is -1.72. The van der Waals surface area contributed by atoms with Crippen molar-refractivity contribution in [1.29, 1.82) is 0 Å². The lowest BCUT2D eigenvalue weighted by Crippen LogP contribution is -2.54. The Morgan fingerprint density at radius 1 is 0.857 bits per heavy atom. The molecule has 42 heavy (non-hydrogen) atoms. The van der Waals surface area contributed by atoms with Crippen molar-refractivity contribution in [2.24, 2.45) is 0 Å². The van der Waals surface area contributed by atoms with E-state index in [1.54, 1.807) is 19.1 Å². The zero-order valence-electron chi connectivity index (χ0n) is 23.4. The number of fused-ring (bicyclic) bond motifs is 3. The van der Waals surface area contributed by atoms with Crippen molar-refractivity contribution < 1.29 is 29.0 Å². The fourth-order valence-electron chi connectivity index (χ4n) is 5.23. The number of alkyl carbamates (subject to hydrolysis) is 1. The number of anilines is 1. The molecule has 2 N–H and O–H groups in total. The molecular weight excluding hydrogens is 532 g/mol. The van der Waals surface area contributed by atoms with Crippen LogP contribution in [0.25, 0.3) is 11.1 Å². The molecule has 4 aromatic carbocycles. The third-order valence-corrected chi connectivity index (χ3v) is 7.52. The van der Waals surface area contributed by atoms with E-state index in [-0.39, 0.29) is 24.7 Å². The van der Waals surface area contributed by atoms with Crippen molar-refractivity contribution in [3.63, 3.8) is 0 Å². The van der Waals surface area contributed by atoms with Crippen molar-refractivity contribution in [2.45, 2.75) is 31.6 Å². The van der Waals surface area contributed by atoms with Crippen LogP contribution in [0, 0.1) is 0 Å². The predicted octanol–water partition coefficient (Wildman–Crippen LogP) is 5.86. The van der Waals surface area contributed by atoms with Gasteiger partial charge in [-0.05, 0) is 52.9 Å². The van der Waals surface area contributed by atoms with E-state index in [1.165, 1.54) is 24.1 Å². The Balaban J connectivity index is 1.32. The first kappa shape index (κ1) is 28.6. The van der Waals surface area contributed by atoms with Crippen LogP contribution in [0.15, 0.2) is 103 Å². The van der Waals surface area contributed by atoms with E-state index in [0.717, 1.165) is 27.8 Å². The second-order valence-corrected chi connectivity index (χ2v) is 10.2. The van der Waals surface area contributed by atoms with Gasteiger partial charge in [-0.25, -0.2) is 9.59 Å². The van der Waals surface area contributed by atoms with E-state index in [4.69, 9.17) is 9.47 Å². The van der Waals surface area contributed by atoms with E-state index in [9.17, 15) is 19.5 Å². The van der Waals surface area contributed by atoms with Gasteiger partial charge in [0, 0.05) is 18.7 Å². The number of nitrogens with zero attached hydrogens (tertiary/aromatic N) is 1. The van der Waals surface area contributed by atoms with Crippen molar-refractivity contribution in [3.8, 4) is 11.1 Å². The molecule has 5 rings (SSSR count). The van der Waals surface area contributed by atoms with Crippen molar-refractivity contribution in [3.05, 3.63) is 125 Å². The molecule has 0 fully saturated rings. The average molecular weight is 565 g/mol. The number of aromatic carboxylic acids is 1. The van der Waals surface area contributed by atoms with Crippen LogP contribution in [-0.4, -0.2) is 48.9 Å². The van der Waals surface area contributed by atoms with Crippen LogP contribution in [0.4, 0.5) is 10.5 Å². The highest BCUT2D eigenvalue weighted by Crippen LogP contribution is 2.44. The van der Waals surface area contributed by atoms with Gasteiger partial charge in [0.2, 0.25) is 0 Å². The number of amides is 2. The van der Waals surface area contributed by atoms with Gasteiger partial charge >= 0.3 is 12.1 Å². The normalized spacial score (nSPS) is 13.4. The van der Waals surface area contributed by atoms with Gasteiger partial charge in [0.15, 0.2) is 0 Å². The standard InChI is InChI=1S/C34H32N2O6/c1-22(41-20-23-11-4-3-5-12-23)31(32(37)36(2)25-14-10-13-24(19-25)33(38)39)35-34(40)42-21-30-28-17-8-6-15-26(28)27-16-7-9-18-29(27)30/h3-19,22,30-31H,20-21H2,1-2H3,(H,35,40)(H,38,39)/t22-,31+/m0/s1. The Morgan fingerprint density at radius 2 is 1.48 bits per heavy atom. The van der Waals surface area contributed by atoms with Gasteiger partial charge in [-0.3, -0.25) is 4.79 Å². The first-order chi connectivity index (χ1) is 20.3. The maximum Gasteiger partial charge on any atom is 0.407 e. The molecule has 214 valence electrons. The largest absolute Gasteiger partial charge is 0.478 e. The minimum Gasteiger partial charge on any atom is -0.478 e. The van der Waals surface area contributed by atoms with E-state index in [2.05, 4.69) is 17.4 Å². The minimum absolute atomic E-state index is 0.0431. The fraction of sp³-hybridized carbons (Fsp3) is 0.206. The quantitative estimate of drug-likeness (QED) is 0.250. The summed E-state index contributed by atoms with van der Waals surface area (Å²) >= 11 is 0. The maximum absolute atomic E-state index is 13.7. The molecule has 8 heteroatoms. The van der Waals surface area contributed by atoms with Crippen molar-refractivity contribution >= 4 is 23.7 Å². The first-order valence-corrected chi connectivity index (χ1v) is 13.7. The van der Waals surface area contributed by atoms with Gasteiger partial charge < -0.3 is 24.8 Å². The summed E-state index contributed by atoms with van der Waals surface area (Å²) < 4.78 is 11.7. The summed E-state index contributed by atoms with van der Waals surface area (Å²) in [7, 11) is 1.53.